The van der Waals surface area contributed by atoms with Crippen molar-refractivity contribution in [3.8, 4) is 0 Å². The molecule has 0 unspecified atom stereocenters. The van der Waals surface area contributed by atoms with Crippen molar-refractivity contribution in [1.82, 2.24) is 0 Å². The molecular weight excluding hydrogens is 1340 g/mol. The third-order valence-corrected chi connectivity index (χ3v) is 9.13. The number of hydrogen-bond donors (Lipinski definition) is 1. The second-order valence-corrected chi connectivity index (χ2v) is 13.9. The Morgan fingerprint density at radius 3 is 1.03 bits per heavy atom. The van der Waals surface area contributed by atoms with Gasteiger partial charge in [-0.2, -0.15) is 0 Å². The summed E-state index contributed by atoms with van der Waals surface area (Å²) >= 11 is 4.94. The number of carboxylic acids is 1. The van der Waals surface area contributed by atoms with Crippen LogP contribution in [0.3, 0.4) is 0 Å². The van der Waals surface area contributed by atoms with Gasteiger partial charge in [-0.25, -0.2) is 57.5 Å². The summed E-state index contributed by atoms with van der Waals surface area (Å²) in [6, 6.07) is 1.47. The van der Waals surface area contributed by atoms with Crippen LogP contribution in [0, 0.1) is 135 Å². The number of benzene rings is 4. The second kappa shape index (κ2) is 35.2. The monoisotopic (exact) mass is 1390 g/mol. The third kappa shape index (κ3) is 21.1. The molecule has 0 aliphatic carbocycles. The molecule has 0 spiro atoms. The zero-order chi connectivity index (χ0) is 57.1. The van der Waals surface area contributed by atoms with E-state index >= 15 is 0 Å². The molecule has 0 saturated heterocycles. The fourth-order valence-corrected chi connectivity index (χ4v) is 5.00. The predicted molar refractivity (Wildman–Crippen MR) is 232 cm³/mol. The molecule has 0 aromatic heterocycles. The van der Waals surface area contributed by atoms with Crippen LogP contribution in [0.1, 0.15) is 85.4 Å². The summed E-state index contributed by atoms with van der Waals surface area (Å²) < 4.78 is 177. The van der Waals surface area contributed by atoms with Gasteiger partial charge >= 0.3 is 35.8 Å². The maximum absolute atomic E-state index is 13.9. The van der Waals surface area contributed by atoms with E-state index in [-0.39, 0.29) is 71.0 Å². The maximum atomic E-state index is 13.9. The molecule has 1 N–H and O–H groups in total. The number of esters is 5. The number of Topliss-reactive ketones (excluding diaryl/α,β-unsaturated/α-hetero) is 2. The number of carbonyl (C=O) groups is 9. The first kappa shape index (κ1) is 76.3. The Morgan fingerprint density at radius 2 is 0.724 bits per heavy atom. The quantitative estimate of drug-likeness (QED) is 0.0281. The molecule has 0 amide bonds. The van der Waals surface area contributed by atoms with Gasteiger partial charge in [0.2, 0.25) is 5.92 Å². The second-order valence-electron chi connectivity index (χ2n) is 13.6. The summed E-state index contributed by atoms with van der Waals surface area (Å²) in [4.78, 5) is 98.5. The van der Waals surface area contributed by atoms with Gasteiger partial charge in [-0.15, -0.1) is 0 Å². The van der Waals surface area contributed by atoms with Crippen LogP contribution in [-0.4, -0.2) is 93.3 Å². The third-order valence-electron chi connectivity index (χ3n) is 8.92. The number of carbonyl (C=O) groups excluding carboxylic acids is 8. The topological polar surface area (TPSA) is 220 Å². The van der Waals surface area contributed by atoms with Crippen molar-refractivity contribution < 1.29 is 176 Å². The molecule has 76 heavy (non-hydrogen) atoms. The van der Waals surface area contributed by atoms with Crippen LogP contribution in [0.4, 0.5) is 52.7 Å². The Morgan fingerprint density at radius 1 is 0.461 bits per heavy atom. The van der Waals surface area contributed by atoms with Crippen molar-refractivity contribution in [3.63, 3.8) is 0 Å². The first-order valence-electron chi connectivity index (χ1n) is 19.2. The number of ether oxygens (including phenoxy) is 5. The molecule has 4 aromatic carbocycles. The molecule has 30 heteroatoms. The van der Waals surface area contributed by atoms with E-state index in [1.54, 1.807) is 0 Å². The van der Waals surface area contributed by atoms with E-state index in [0.29, 0.717) is 18.2 Å². The summed E-state index contributed by atoms with van der Waals surface area (Å²) in [5.74, 6) is -26.6. The van der Waals surface area contributed by atoms with E-state index in [2.05, 4.69) is 23.7 Å². The van der Waals surface area contributed by atoms with Crippen LogP contribution in [0.2, 0.25) is 0 Å². The van der Waals surface area contributed by atoms with Gasteiger partial charge in [0.25, 0.3) is 5.24 Å². The average molecular weight is 1390 g/mol. The van der Waals surface area contributed by atoms with Crippen LogP contribution < -0.4 is 0 Å². The zero-order valence-corrected chi connectivity index (χ0v) is 46.1. The molecule has 0 heterocycles. The molecule has 1 radical (unpaired) electrons. The number of ketones is 2. The van der Waals surface area contributed by atoms with Crippen LogP contribution in [-0.2, 0) is 66.2 Å². The zero-order valence-electron chi connectivity index (χ0n) is 39.8. The minimum absolute atomic E-state index is 0. The summed E-state index contributed by atoms with van der Waals surface area (Å²) in [7, 11) is 5.29. The number of carboxylic acid groups (broad SMARTS) is 1. The Kier molecular flexibility index (Phi) is 35.3. The first-order chi connectivity index (χ1) is 33.7. The van der Waals surface area contributed by atoms with Crippen LogP contribution in [0.5, 0.6) is 0 Å². The Balaban J connectivity index is -0.000000284. The number of rotatable bonds is 11. The summed E-state index contributed by atoms with van der Waals surface area (Å²) in [6.45, 7) is 3.91. The van der Waals surface area contributed by atoms with Gasteiger partial charge in [-0.05, 0) is 63.6 Å². The van der Waals surface area contributed by atoms with E-state index in [1.807, 2.05) is 0 Å². The van der Waals surface area contributed by atoms with Gasteiger partial charge in [-0.3, -0.25) is 38.4 Å². The van der Waals surface area contributed by atoms with E-state index in [1.165, 1.54) is 14.2 Å². The molecule has 15 nitrogen and oxygen atoms in total. The van der Waals surface area contributed by atoms with Crippen LogP contribution in [0.25, 0.3) is 0 Å². The van der Waals surface area contributed by atoms with Crippen molar-refractivity contribution in [1.29, 1.82) is 0 Å². The SMILES string of the molecule is C.COC(=O)C(C(=O)OC)C(=O)c1cc(F)c(F)c(C)c1F.COC(=O)CC(=O)OC.COC(=O)CC(=O)c1cc(F)c(F)c(C)c1F.Cc1c(F)c(F)cc(C(=O)Cl)c1F.Cc1c(F)c(F)cc(C(=O)O)c1F.[3HH].[U].[V]. The number of aromatic carboxylic acids is 1. The molecule has 0 fully saturated rings. The predicted octanol–water partition coefficient (Wildman–Crippen LogP) is 9.22. The van der Waals surface area contributed by atoms with Gasteiger partial charge in [0.05, 0.1) is 57.8 Å². The average Bonchev–Trinajstić information content (AvgIpc) is 3.35. The molecule has 0 bridgehead atoms. The van der Waals surface area contributed by atoms with E-state index in [9.17, 15) is 95.8 Å². The van der Waals surface area contributed by atoms with Crippen molar-refractivity contribution in [2.45, 2.75) is 48.0 Å². The molecule has 0 aliphatic rings. The minimum atomic E-state index is -2.11. The molecule has 0 aliphatic heterocycles. The smallest absolute Gasteiger partial charge is 0.338 e. The summed E-state index contributed by atoms with van der Waals surface area (Å²) in [6.07, 6.45) is -1.04. The number of halogens is 13. The van der Waals surface area contributed by atoms with Gasteiger partial charge in [0, 0.05) is 73.3 Å². The molecule has 4 rings (SSSR count). The van der Waals surface area contributed by atoms with E-state index in [0.717, 1.165) is 49.0 Å². The van der Waals surface area contributed by atoms with E-state index < -0.39 is 179 Å². The van der Waals surface area contributed by atoms with Crippen molar-refractivity contribution >= 4 is 64.2 Å². The molecule has 417 valence electrons. The number of hydrogen-bond acceptors (Lipinski definition) is 14. The van der Waals surface area contributed by atoms with Gasteiger partial charge in [0.1, 0.15) is 36.1 Å². The van der Waals surface area contributed by atoms with Crippen molar-refractivity contribution in [2.24, 2.45) is 5.92 Å². The largest absolute Gasteiger partial charge is 0.478 e. The van der Waals surface area contributed by atoms with Crippen molar-refractivity contribution in [3.05, 3.63) is 139 Å². The minimum Gasteiger partial charge on any atom is -0.478 e. The molecule has 0 saturated carbocycles. The molecule has 0 atom stereocenters. The van der Waals surface area contributed by atoms with Gasteiger partial charge in [0.15, 0.2) is 58.1 Å². The molecule has 4 aromatic rings. The van der Waals surface area contributed by atoms with E-state index in [4.69, 9.17) is 16.7 Å². The van der Waals surface area contributed by atoms with Gasteiger partial charge in [-0.1, -0.05) is 7.43 Å². The standard InChI is InChI=1S/C13H11F3O5.C11H9F3O3.C8H4ClF3O.C8H5F3O2.C5H8O4.CH4.U.V.H2/c1-5-9(15)6(4-7(14)10(5)16)11(17)8(12(18)20-2)13(19)21-3;1-5-10(13)6(3-7(12)11(5)14)8(15)4-9(16)17-2;1-3-6(11)4(8(9)13)2-5(10)7(3)12;1-3-6(10)4(8(12)13)2-5(9)7(3)11;1-8-4(6)3-5(7)9-2;;;;/h4,8H,1-3H3;3H,4H2,1-2H3;2H,1H3;2H,1H3,(H,12,13);3H2,1-2H3;1H4;;;1H/i;;;;;;;;1+2. The maximum Gasteiger partial charge on any atom is 0.338 e. The van der Waals surface area contributed by atoms with Gasteiger partial charge < -0.3 is 28.8 Å². The Bertz CT molecular complexity index is 2720. The first-order valence-corrected chi connectivity index (χ1v) is 19.5. The fraction of sp³-hybridized carbons (Fsp3) is 0.283. The Hall–Kier alpha value is -6.20. The van der Waals surface area contributed by atoms with Crippen LogP contribution >= 0.6 is 11.6 Å². The number of methoxy groups -OCH3 is 5. The normalized spacial score (nSPS) is 9.62. The van der Waals surface area contributed by atoms with Crippen molar-refractivity contribution in [2.75, 3.05) is 35.5 Å². The Labute approximate surface area is 465 Å². The summed E-state index contributed by atoms with van der Waals surface area (Å²) in [5, 5.41) is 7.22. The molecular formula is C46H43ClF12O15UV. The fourth-order valence-electron chi connectivity index (χ4n) is 4.87. The van der Waals surface area contributed by atoms with Crippen LogP contribution in [0.15, 0.2) is 24.3 Å². The summed E-state index contributed by atoms with van der Waals surface area (Å²) in [5.41, 5.74) is -5.64.